The fourth-order valence-corrected chi connectivity index (χ4v) is 2.11. The highest BCUT2D eigenvalue weighted by Gasteiger charge is 2.07. The second-order valence-corrected chi connectivity index (χ2v) is 5.50. The SMILES string of the molecule is CCCCCCNC(=S)Nc1ccc(C(=O)NCC(=O)O)cc1. The molecule has 0 aliphatic carbocycles. The molecule has 0 saturated carbocycles. The van der Waals surface area contributed by atoms with Crippen molar-refractivity contribution < 1.29 is 14.7 Å². The summed E-state index contributed by atoms with van der Waals surface area (Å²) in [5, 5.41) is 17.6. The number of rotatable bonds is 9. The van der Waals surface area contributed by atoms with Crippen molar-refractivity contribution in [3.8, 4) is 0 Å². The molecule has 23 heavy (non-hydrogen) atoms. The van der Waals surface area contributed by atoms with Crippen LogP contribution in [0.3, 0.4) is 0 Å². The van der Waals surface area contributed by atoms with E-state index in [0.717, 1.165) is 18.7 Å². The molecule has 0 aliphatic heterocycles. The van der Waals surface area contributed by atoms with Crippen LogP contribution in [0.15, 0.2) is 24.3 Å². The molecule has 126 valence electrons. The van der Waals surface area contributed by atoms with E-state index in [9.17, 15) is 9.59 Å². The van der Waals surface area contributed by atoms with Crippen LogP contribution >= 0.6 is 12.2 Å². The Morgan fingerprint density at radius 3 is 2.39 bits per heavy atom. The standard InChI is InChI=1S/C16H23N3O3S/c1-2-3-4-5-10-17-16(23)19-13-8-6-12(7-9-13)15(22)18-11-14(20)21/h6-9H,2-5,10-11H2,1H3,(H,18,22)(H,20,21)(H2,17,19,23). The number of carbonyl (C=O) groups is 2. The highest BCUT2D eigenvalue weighted by Crippen LogP contribution is 2.09. The molecule has 1 rings (SSSR count). The smallest absolute Gasteiger partial charge is 0.322 e. The molecule has 1 aromatic carbocycles. The number of carboxylic acids is 1. The van der Waals surface area contributed by atoms with E-state index >= 15 is 0 Å². The molecule has 1 amide bonds. The summed E-state index contributed by atoms with van der Waals surface area (Å²) in [5.74, 6) is -1.50. The first-order valence-electron chi connectivity index (χ1n) is 7.68. The zero-order valence-corrected chi connectivity index (χ0v) is 14.0. The number of carbonyl (C=O) groups excluding carboxylic acids is 1. The van der Waals surface area contributed by atoms with Crippen molar-refractivity contribution in [1.82, 2.24) is 10.6 Å². The summed E-state index contributed by atoms with van der Waals surface area (Å²) < 4.78 is 0. The number of nitrogens with one attached hydrogen (secondary N) is 3. The van der Waals surface area contributed by atoms with Crippen LogP contribution in [0.4, 0.5) is 5.69 Å². The first-order valence-corrected chi connectivity index (χ1v) is 8.08. The van der Waals surface area contributed by atoms with E-state index in [4.69, 9.17) is 17.3 Å². The molecule has 0 bridgehead atoms. The molecule has 1 aromatic rings. The molecule has 0 atom stereocenters. The van der Waals surface area contributed by atoms with Gasteiger partial charge < -0.3 is 21.1 Å². The van der Waals surface area contributed by atoms with Crippen LogP contribution in [-0.4, -0.2) is 35.2 Å². The van der Waals surface area contributed by atoms with Gasteiger partial charge in [0, 0.05) is 17.8 Å². The molecular weight excluding hydrogens is 314 g/mol. The van der Waals surface area contributed by atoms with E-state index in [-0.39, 0.29) is 0 Å². The summed E-state index contributed by atoms with van der Waals surface area (Å²) in [6, 6.07) is 6.67. The number of hydrogen-bond donors (Lipinski definition) is 4. The maximum atomic E-state index is 11.7. The molecular formula is C16H23N3O3S. The minimum atomic E-state index is -1.08. The monoisotopic (exact) mass is 337 g/mol. The van der Waals surface area contributed by atoms with Crippen molar-refractivity contribution in [2.45, 2.75) is 32.6 Å². The lowest BCUT2D eigenvalue weighted by atomic mass is 10.2. The average Bonchev–Trinajstić information content (AvgIpc) is 2.53. The summed E-state index contributed by atoms with van der Waals surface area (Å²) >= 11 is 5.20. The highest BCUT2D eigenvalue weighted by molar-refractivity contribution is 7.80. The Morgan fingerprint density at radius 1 is 1.09 bits per heavy atom. The van der Waals surface area contributed by atoms with E-state index in [2.05, 4.69) is 22.9 Å². The van der Waals surface area contributed by atoms with Crippen LogP contribution in [0, 0.1) is 0 Å². The van der Waals surface area contributed by atoms with E-state index < -0.39 is 18.4 Å². The lowest BCUT2D eigenvalue weighted by Gasteiger charge is -2.11. The highest BCUT2D eigenvalue weighted by atomic mass is 32.1. The summed E-state index contributed by atoms with van der Waals surface area (Å²) in [4.78, 5) is 22.1. The predicted molar refractivity (Wildman–Crippen MR) is 94.8 cm³/mol. The van der Waals surface area contributed by atoms with Crippen LogP contribution < -0.4 is 16.0 Å². The van der Waals surface area contributed by atoms with Gasteiger partial charge in [0.2, 0.25) is 0 Å². The predicted octanol–water partition coefficient (Wildman–Crippen LogP) is 2.37. The van der Waals surface area contributed by atoms with Gasteiger partial charge in [-0.2, -0.15) is 0 Å². The molecule has 0 saturated heterocycles. The van der Waals surface area contributed by atoms with Crippen LogP contribution in [0.25, 0.3) is 0 Å². The van der Waals surface area contributed by atoms with Crippen molar-refractivity contribution in [1.29, 1.82) is 0 Å². The number of unbranched alkanes of at least 4 members (excludes halogenated alkanes) is 3. The number of aliphatic carboxylic acids is 1. The Kier molecular flexibility index (Phi) is 8.67. The maximum Gasteiger partial charge on any atom is 0.322 e. The quantitative estimate of drug-likeness (QED) is 0.408. The van der Waals surface area contributed by atoms with Gasteiger partial charge >= 0.3 is 5.97 Å². The lowest BCUT2D eigenvalue weighted by molar-refractivity contribution is -0.135. The Balaban J connectivity index is 2.37. The van der Waals surface area contributed by atoms with Crippen LogP contribution in [-0.2, 0) is 4.79 Å². The van der Waals surface area contributed by atoms with Crippen LogP contribution in [0.1, 0.15) is 43.0 Å². The van der Waals surface area contributed by atoms with Crippen molar-refractivity contribution in [3.63, 3.8) is 0 Å². The van der Waals surface area contributed by atoms with Gasteiger partial charge in [-0.25, -0.2) is 0 Å². The minimum absolute atomic E-state index is 0.398. The molecule has 0 spiro atoms. The van der Waals surface area contributed by atoms with E-state index in [1.807, 2.05) is 0 Å². The second-order valence-electron chi connectivity index (χ2n) is 5.10. The molecule has 6 nitrogen and oxygen atoms in total. The van der Waals surface area contributed by atoms with Crippen molar-refractivity contribution in [2.24, 2.45) is 0 Å². The zero-order chi connectivity index (χ0) is 17.1. The summed E-state index contributed by atoms with van der Waals surface area (Å²) in [7, 11) is 0. The number of benzene rings is 1. The van der Waals surface area contributed by atoms with E-state index in [1.54, 1.807) is 24.3 Å². The number of hydrogen-bond acceptors (Lipinski definition) is 3. The molecule has 0 unspecified atom stereocenters. The van der Waals surface area contributed by atoms with E-state index in [0.29, 0.717) is 10.7 Å². The third kappa shape index (κ3) is 8.15. The fraction of sp³-hybridized carbons (Fsp3) is 0.438. The fourth-order valence-electron chi connectivity index (χ4n) is 1.89. The summed E-state index contributed by atoms with van der Waals surface area (Å²) in [6.45, 7) is 2.61. The average molecular weight is 337 g/mol. The van der Waals surface area contributed by atoms with Crippen molar-refractivity contribution >= 4 is 34.9 Å². The number of amides is 1. The van der Waals surface area contributed by atoms with Gasteiger partial charge in [0.15, 0.2) is 5.11 Å². The molecule has 0 radical (unpaired) electrons. The van der Waals surface area contributed by atoms with Gasteiger partial charge in [0.25, 0.3) is 5.91 Å². The Labute approximate surface area is 141 Å². The van der Waals surface area contributed by atoms with E-state index in [1.165, 1.54) is 19.3 Å². The second kappa shape index (κ2) is 10.6. The van der Waals surface area contributed by atoms with Gasteiger partial charge in [-0.15, -0.1) is 0 Å². The first-order chi connectivity index (χ1) is 11.0. The minimum Gasteiger partial charge on any atom is -0.480 e. The van der Waals surface area contributed by atoms with Gasteiger partial charge in [0.05, 0.1) is 0 Å². The van der Waals surface area contributed by atoms with Crippen molar-refractivity contribution in [2.75, 3.05) is 18.4 Å². The van der Waals surface area contributed by atoms with Gasteiger partial charge in [0.1, 0.15) is 6.54 Å². The zero-order valence-electron chi connectivity index (χ0n) is 13.2. The maximum absolute atomic E-state index is 11.7. The molecule has 0 fully saturated rings. The van der Waals surface area contributed by atoms with Gasteiger partial charge in [-0.3, -0.25) is 9.59 Å². The van der Waals surface area contributed by atoms with Gasteiger partial charge in [-0.05, 0) is 42.9 Å². The van der Waals surface area contributed by atoms with Crippen LogP contribution in [0.2, 0.25) is 0 Å². The lowest BCUT2D eigenvalue weighted by Crippen LogP contribution is -2.30. The van der Waals surface area contributed by atoms with Crippen molar-refractivity contribution in [3.05, 3.63) is 29.8 Å². The summed E-state index contributed by atoms with van der Waals surface area (Å²) in [5.41, 5.74) is 1.17. The third-order valence-electron chi connectivity index (χ3n) is 3.12. The molecule has 7 heteroatoms. The topological polar surface area (TPSA) is 90.5 Å². The van der Waals surface area contributed by atoms with Gasteiger partial charge in [-0.1, -0.05) is 26.2 Å². The Morgan fingerprint density at radius 2 is 1.78 bits per heavy atom. The normalized spacial score (nSPS) is 9.96. The number of carboxylic acid groups (broad SMARTS) is 1. The largest absolute Gasteiger partial charge is 0.480 e. The first kappa shape index (κ1) is 18.9. The molecule has 0 aliphatic rings. The third-order valence-corrected chi connectivity index (χ3v) is 3.37. The summed E-state index contributed by atoms with van der Waals surface area (Å²) in [6.07, 6.45) is 4.70. The molecule has 4 N–H and O–H groups in total. The molecule has 0 aromatic heterocycles. The van der Waals surface area contributed by atoms with Crippen LogP contribution in [0.5, 0.6) is 0 Å². The number of thiocarbonyl (C=S) groups is 1. The Hall–Kier alpha value is -2.15. The number of anilines is 1. The molecule has 0 heterocycles. The Bertz CT molecular complexity index is 532.